The van der Waals surface area contributed by atoms with E-state index in [9.17, 15) is 36.2 Å². The van der Waals surface area contributed by atoms with E-state index in [0.717, 1.165) is 0 Å². The van der Waals surface area contributed by atoms with Gasteiger partial charge in [-0.3, -0.25) is 4.79 Å². The molecule has 0 amide bonds. The van der Waals surface area contributed by atoms with Crippen LogP contribution < -0.4 is 0 Å². The zero-order valence-corrected chi connectivity index (χ0v) is 17.3. The first-order valence-electron chi connectivity index (χ1n) is 9.16. The van der Waals surface area contributed by atoms with E-state index in [1.807, 2.05) is 0 Å². The molecule has 0 radical (unpaired) electrons. The van der Waals surface area contributed by atoms with Crippen LogP contribution in [0, 0.1) is 10.8 Å². The molecule has 0 bridgehead atoms. The molecule has 1 N–H and O–H groups in total. The number of aliphatic hydroxyl groups is 1. The Bertz CT molecular complexity index is 650. The van der Waals surface area contributed by atoms with Crippen molar-refractivity contribution in [2.75, 3.05) is 6.61 Å². The summed E-state index contributed by atoms with van der Waals surface area (Å²) in [7, 11) is 0. The van der Waals surface area contributed by atoms with Crippen molar-refractivity contribution in [3.63, 3.8) is 0 Å². The van der Waals surface area contributed by atoms with Crippen LogP contribution in [0.15, 0.2) is 11.6 Å². The van der Waals surface area contributed by atoms with Crippen LogP contribution in [0.3, 0.4) is 0 Å². The summed E-state index contributed by atoms with van der Waals surface area (Å²) in [4.78, 5) is 13.0. The fourth-order valence-corrected chi connectivity index (χ4v) is 3.24. The van der Waals surface area contributed by atoms with Crippen molar-refractivity contribution in [1.82, 2.24) is 0 Å². The number of hydrogen-bond acceptors (Lipinski definition) is 4. The third-order valence-corrected chi connectivity index (χ3v) is 5.91. The lowest BCUT2D eigenvalue weighted by Gasteiger charge is -2.48. The molecule has 1 fully saturated rings. The molecule has 1 rings (SSSR count). The number of carbonyl (C=O) groups is 1. The Kier molecular flexibility index (Phi) is 6.89. The van der Waals surface area contributed by atoms with E-state index in [4.69, 9.17) is 4.74 Å². The second kappa shape index (κ2) is 7.76. The van der Waals surface area contributed by atoms with Gasteiger partial charge in [-0.25, -0.2) is 0 Å². The van der Waals surface area contributed by atoms with E-state index in [0.29, 0.717) is 12.0 Å². The van der Waals surface area contributed by atoms with Crippen LogP contribution in [0.5, 0.6) is 0 Å². The molecule has 170 valence electrons. The van der Waals surface area contributed by atoms with Gasteiger partial charge in [-0.05, 0) is 32.6 Å². The van der Waals surface area contributed by atoms with Gasteiger partial charge in [0.2, 0.25) is 5.60 Å². The minimum absolute atomic E-state index is 0.386. The molecule has 0 aliphatic carbocycles. The van der Waals surface area contributed by atoms with Gasteiger partial charge >= 0.3 is 18.3 Å². The highest BCUT2D eigenvalue weighted by Gasteiger charge is 2.70. The maximum Gasteiger partial charge on any atom is 0.443 e. The Balaban J connectivity index is 3.49. The fourth-order valence-electron chi connectivity index (χ4n) is 3.24. The van der Waals surface area contributed by atoms with Crippen molar-refractivity contribution in [3.05, 3.63) is 11.6 Å². The van der Waals surface area contributed by atoms with Gasteiger partial charge in [0.15, 0.2) is 0 Å². The number of rotatable bonds is 5. The summed E-state index contributed by atoms with van der Waals surface area (Å²) in [6, 6.07) is 0. The molecule has 1 aliphatic heterocycles. The van der Waals surface area contributed by atoms with Crippen LogP contribution in [-0.2, 0) is 14.3 Å². The first-order valence-corrected chi connectivity index (χ1v) is 9.16. The van der Waals surface area contributed by atoms with Gasteiger partial charge in [-0.15, -0.1) is 0 Å². The molecule has 29 heavy (non-hydrogen) atoms. The molecule has 0 saturated carbocycles. The summed E-state index contributed by atoms with van der Waals surface area (Å²) in [6.45, 7) is 8.65. The monoisotopic (exact) mass is 434 g/mol. The van der Waals surface area contributed by atoms with E-state index >= 15 is 0 Å². The normalized spacial score (nSPS) is 28.4. The molecule has 0 aromatic carbocycles. The first-order chi connectivity index (χ1) is 12.8. The summed E-state index contributed by atoms with van der Waals surface area (Å²) in [5.74, 6) is -5.39. The van der Waals surface area contributed by atoms with Crippen molar-refractivity contribution in [3.8, 4) is 0 Å². The Hall–Kier alpha value is -1.29. The third-order valence-electron chi connectivity index (χ3n) is 5.91. The van der Waals surface area contributed by atoms with Gasteiger partial charge in [-0.1, -0.05) is 32.4 Å². The van der Waals surface area contributed by atoms with E-state index < -0.39 is 60.0 Å². The van der Waals surface area contributed by atoms with Crippen LogP contribution in [0.4, 0.5) is 26.3 Å². The summed E-state index contributed by atoms with van der Waals surface area (Å²) in [6.07, 6.45) is -12.1. The zero-order valence-electron chi connectivity index (χ0n) is 17.3. The van der Waals surface area contributed by atoms with Crippen molar-refractivity contribution in [1.29, 1.82) is 0 Å². The van der Waals surface area contributed by atoms with E-state index in [2.05, 4.69) is 4.74 Å². The Morgan fingerprint density at radius 3 is 2.00 bits per heavy atom. The molecule has 0 spiro atoms. The van der Waals surface area contributed by atoms with Gasteiger partial charge in [-0.2, -0.15) is 26.3 Å². The maximum absolute atomic E-state index is 13.9. The lowest BCUT2D eigenvalue weighted by molar-refractivity contribution is -0.414. The summed E-state index contributed by atoms with van der Waals surface area (Å²) in [5, 5.41) is 9.72. The molecular formula is C19H28F6O4. The Morgan fingerprint density at radius 1 is 1.10 bits per heavy atom. The summed E-state index contributed by atoms with van der Waals surface area (Å²) < 4.78 is 90.2. The van der Waals surface area contributed by atoms with Gasteiger partial charge in [0.25, 0.3) is 5.79 Å². The largest absolute Gasteiger partial charge is 0.448 e. The van der Waals surface area contributed by atoms with Crippen LogP contribution in [0.1, 0.15) is 60.8 Å². The highest BCUT2D eigenvalue weighted by molar-refractivity contribution is 5.80. The lowest BCUT2D eigenvalue weighted by Crippen LogP contribution is -2.64. The van der Waals surface area contributed by atoms with Gasteiger partial charge in [0.1, 0.15) is 0 Å². The number of hydrogen-bond donors (Lipinski definition) is 1. The van der Waals surface area contributed by atoms with Crippen LogP contribution in [0.2, 0.25) is 0 Å². The van der Waals surface area contributed by atoms with Crippen molar-refractivity contribution in [2.24, 2.45) is 10.8 Å². The third kappa shape index (κ3) is 4.73. The molecule has 0 aromatic rings. The smallest absolute Gasteiger partial charge is 0.443 e. The molecule has 10 heteroatoms. The lowest BCUT2D eigenvalue weighted by atomic mass is 9.64. The second-order valence-electron chi connectivity index (χ2n) is 8.60. The van der Waals surface area contributed by atoms with Crippen LogP contribution in [-0.4, -0.2) is 41.4 Å². The van der Waals surface area contributed by atoms with Crippen LogP contribution >= 0.6 is 0 Å². The minimum atomic E-state index is -5.50. The number of alkyl halides is 6. The average molecular weight is 434 g/mol. The Labute approximate surface area is 166 Å². The molecule has 4 nitrogen and oxygen atoms in total. The first kappa shape index (κ1) is 25.7. The number of halogens is 6. The maximum atomic E-state index is 13.9. The number of ether oxygens (including phenoxy) is 2. The fraction of sp³-hybridized carbons (Fsp3) is 0.842. The summed E-state index contributed by atoms with van der Waals surface area (Å²) >= 11 is 0. The van der Waals surface area contributed by atoms with Crippen LogP contribution in [0.25, 0.3) is 0 Å². The second-order valence-corrected chi connectivity index (χ2v) is 8.60. The molecule has 3 unspecified atom stereocenters. The minimum Gasteiger partial charge on any atom is -0.448 e. The quantitative estimate of drug-likeness (QED) is 0.362. The van der Waals surface area contributed by atoms with E-state index in [1.54, 1.807) is 34.6 Å². The predicted molar refractivity (Wildman–Crippen MR) is 92.7 cm³/mol. The average Bonchev–Trinajstić information content (AvgIpc) is 2.51. The van der Waals surface area contributed by atoms with E-state index in [1.165, 1.54) is 13.0 Å². The highest BCUT2D eigenvalue weighted by Crippen LogP contribution is 2.52. The molecular weight excluding hydrogens is 406 g/mol. The predicted octanol–water partition coefficient (Wildman–Crippen LogP) is 5.30. The molecule has 1 heterocycles. The number of carbonyl (C=O) groups excluding carboxylic acids is 1. The van der Waals surface area contributed by atoms with Gasteiger partial charge < -0.3 is 14.6 Å². The molecule has 1 aliphatic rings. The SMILES string of the molecule is CCC(C)(C)C(C)(C=C(C)C)C(=O)OC1(C(F)(F)F)CCOC(O)(C(F)(F)F)C1. The number of allylic oxidation sites excluding steroid dienone is 1. The van der Waals surface area contributed by atoms with Gasteiger partial charge in [0, 0.05) is 6.42 Å². The van der Waals surface area contributed by atoms with E-state index in [-0.39, 0.29) is 0 Å². The van der Waals surface area contributed by atoms with Crippen molar-refractivity contribution < 1.29 is 45.7 Å². The number of esters is 1. The van der Waals surface area contributed by atoms with Crippen molar-refractivity contribution >= 4 is 5.97 Å². The topological polar surface area (TPSA) is 55.8 Å². The Morgan fingerprint density at radius 2 is 1.62 bits per heavy atom. The molecule has 3 atom stereocenters. The zero-order chi connectivity index (χ0) is 23.1. The van der Waals surface area contributed by atoms with Gasteiger partial charge in [0.05, 0.1) is 18.4 Å². The molecule has 0 aromatic heterocycles. The highest BCUT2D eigenvalue weighted by atomic mass is 19.4. The van der Waals surface area contributed by atoms with Crippen molar-refractivity contribution in [2.45, 2.75) is 84.5 Å². The standard InChI is InChI=1S/C19H28F6O4/c1-7-14(4,5)15(6,10-12(2)3)13(26)29-16(18(20,21)22)8-9-28-17(27,11-16)19(23,24)25/h10,27H,7-9,11H2,1-6H3. The summed E-state index contributed by atoms with van der Waals surface area (Å²) in [5.41, 5.74) is -5.31. The molecule has 1 saturated heterocycles.